The fraction of sp³-hybridized carbons (Fsp3) is 0.700. The molecule has 0 aromatic carbocycles. The molecule has 1 saturated heterocycles. The number of aliphatic imine (C=N–C) groups is 1. The highest BCUT2D eigenvalue weighted by atomic mass is 19.4. The smallest absolute Gasteiger partial charge is 0.394 e. The van der Waals surface area contributed by atoms with Crippen molar-refractivity contribution < 1.29 is 38.4 Å². The number of aliphatic hydroxyl groups is 3. The molecule has 120 valence electrons. The van der Waals surface area contributed by atoms with Gasteiger partial charge in [-0.15, -0.1) is 0 Å². The molecule has 2 rings (SSSR count). The molecule has 4 unspecified atom stereocenters. The molecule has 11 heteroatoms. The standard InChI is InChI=1S/C10H14F3N3O5/c11-10(12,13)4-2-16(9(19)14-8(4)15-20)7-1-5(18)6(3-17)21-7/h2,5-7,9,17-20H,1,3H2,(H,14,15). The maximum atomic E-state index is 12.8. The van der Waals surface area contributed by atoms with Gasteiger partial charge in [0.25, 0.3) is 0 Å². The first kappa shape index (κ1) is 16.0. The summed E-state index contributed by atoms with van der Waals surface area (Å²) < 4.78 is 43.7. The van der Waals surface area contributed by atoms with Crippen molar-refractivity contribution in [2.45, 2.75) is 37.4 Å². The number of nitrogens with zero attached hydrogens (tertiary/aromatic N) is 2. The van der Waals surface area contributed by atoms with Gasteiger partial charge >= 0.3 is 6.18 Å². The average molecular weight is 313 g/mol. The normalized spacial score (nSPS) is 33.8. The van der Waals surface area contributed by atoms with Crippen molar-refractivity contribution >= 4 is 5.84 Å². The van der Waals surface area contributed by atoms with Crippen LogP contribution in [0.2, 0.25) is 0 Å². The lowest BCUT2D eigenvalue weighted by atomic mass is 10.1. The monoisotopic (exact) mass is 313 g/mol. The SMILES string of the molecule is OCC1OC(N2C=C(C(F)(F)F)C(NO)=NC2O)CC1O. The minimum atomic E-state index is -4.82. The highest BCUT2D eigenvalue weighted by molar-refractivity contribution is 5.99. The van der Waals surface area contributed by atoms with Crippen LogP contribution in [0.5, 0.6) is 0 Å². The summed E-state index contributed by atoms with van der Waals surface area (Å²) in [4.78, 5) is 4.03. The maximum absolute atomic E-state index is 12.8. The van der Waals surface area contributed by atoms with Crippen LogP contribution in [0.4, 0.5) is 13.2 Å². The van der Waals surface area contributed by atoms with Crippen LogP contribution in [0, 0.1) is 0 Å². The molecule has 4 atom stereocenters. The van der Waals surface area contributed by atoms with Gasteiger partial charge in [0.05, 0.1) is 12.7 Å². The molecule has 21 heavy (non-hydrogen) atoms. The lowest BCUT2D eigenvalue weighted by Crippen LogP contribution is -2.46. The number of ether oxygens (including phenoxy) is 1. The van der Waals surface area contributed by atoms with Crippen LogP contribution >= 0.6 is 0 Å². The number of nitrogens with one attached hydrogen (secondary N) is 1. The molecule has 2 aliphatic rings. The first-order valence-corrected chi connectivity index (χ1v) is 5.95. The summed E-state index contributed by atoms with van der Waals surface area (Å²) in [5.74, 6) is -0.927. The molecule has 0 aromatic rings. The van der Waals surface area contributed by atoms with Gasteiger partial charge in [-0.2, -0.15) is 13.2 Å². The molecule has 2 heterocycles. The Hall–Kier alpha value is -1.40. The Morgan fingerprint density at radius 2 is 2.10 bits per heavy atom. The fourth-order valence-electron chi connectivity index (χ4n) is 2.12. The van der Waals surface area contributed by atoms with Gasteiger partial charge < -0.3 is 25.0 Å². The summed E-state index contributed by atoms with van der Waals surface area (Å²) in [6, 6.07) is 0. The molecule has 2 aliphatic heterocycles. The lowest BCUT2D eigenvalue weighted by Gasteiger charge is -2.34. The van der Waals surface area contributed by atoms with E-state index >= 15 is 0 Å². The van der Waals surface area contributed by atoms with E-state index in [4.69, 9.17) is 15.1 Å². The van der Waals surface area contributed by atoms with Gasteiger partial charge in [-0.3, -0.25) is 10.7 Å². The number of alkyl halides is 3. The summed E-state index contributed by atoms with van der Waals surface area (Å²) in [6.45, 7) is -0.510. The third-order valence-corrected chi connectivity index (χ3v) is 3.17. The second kappa shape index (κ2) is 5.77. The summed E-state index contributed by atoms with van der Waals surface area (Å²) in [7, 11) is 0. The van der Waals surface area contributed by atoms with Gasteiger partial charge in [-0.25, -0.2) is 4.99 Å². The molecule has 0 amide bonds. The second-order valence-electron chi connectivity index (χ2n) is 4.54. The minimum absolute atomic E-state index is 0.110. The van der Waals surface area contributed by atoms with Crippen molar-refractivity contribution in [3.05, 3.63) is 11.8 Å². The Kier molecular flexibility index (Phi) is 4.39. The zero-order valence-electron chi connectivity index (χ0n) is 10.5. The van der Waals surface area contributed by atoms with Gasteiger partial charge in [-0.1, -0.05) is 0 Å². The topological polar surface area (TPSA) is 118 Å². The molecule has 0 radical (unpaired) electrons. The van der Waals surface area contributed by atoms with E-state index in [9.17, 15) is 23.4 Å². The minimum Gasteiger partial charge on any atom is -0.394 e. The maximum Gasteiger partial charge on any atom is 0.421 e. The molecule has 1 fully saturated rings. The number of hydrogen-bond acceptors (Lipinski definition) is 8. The molecule has 0 saturated carbocycles. The quantitative estimate of drug-likeness (QED) is 0.409. The fourth-order valence-corrected chi connectivity index (χ4v) is 2.12. The average Bonchev–Trinajstić information content (AvgIpc) is 2.77. The van der Waals surface area contributed by atoms with Gasteiger partial charge in [-0.05, 0) is 0 Å². The van der Waals surface area contributed by atoms with Gasteiger partial charge in [0.2, 0.25) is 6.35 Å². The zero-order chi connectivity index (χ0) is 15.8. The Morgan fingerprint density at radius 3 is 2.57 bits per heavy atom. The number of halogens is 3. The lowest BCUT2D eigenvalue weighted by molar-refractivity contribution is -0.119. The van der Waals surface area contributed by atoms with Crippen LogP contribution in [0.15, 0.2) is 16.8 Å². The first-order chi connectivity index (χ1) is 9.77. The Morgan fingerprint density at radius 1 is 1.43 bits per heavy atom. The van der Waals surface area contributed by atoms with Gasteiger partial charge in [0.1, 0.15) is 17.9 Å². The highest BCUT2D eigenvalue weighted by Gasteiger charge is 2.44. The van der Waals surface area contributed by atoms with Crippen LogP contribution < -0.4 is 5.48 Å². The molecular formula is C10H14F3N3O5. The Bertz CT molecular complexity index is 456. The van der Waals surface area contributed by atoms with E-state index in [2.05, 4.69) is 4.99 Å². The molecule has 5 N–H and O–H groups in total. The van der Waals surface area contributed by atoms with E-state index in [1.54, 1.807) is 0 Å². The predicted molar refractivity (Wildman–Crippen MR) is 60.7 cm³/mol. The Labute approximate surface area is 116 Å². The zero-order valence-corrected chi connectivity index (χ0v) is 10.5. The Balaban J connectivity index is 2.25. The third kappa shape index (κ3) is 3.11. The van der Waals surface area contributed by atoms with E-state index in [1.165, 1.54) is 5.48 Å². The van der Waals surface area contributed by atoms with E-state index in [-0.39, 0.29) is 6.42 Å². The van der Waals surface area contributed by atoms with E-state index in [0.717, 1.165) is 4.90 Å². The molecule has 0 spiro atoms. The summed E-state index contributed by atoms with van der Waals surface area (Å²) in [6.07, 6.45) is -9.24. The van der Waals surface area contributed by atoms with Crippen molar-refractivity contribution in [3.8, 4) is 0 Å². The largest absolute Gasteiger partial charge is 0.421 e. The molecule has 0 bridgehead atoms. The number of hydroxylamine groups is 1. The first-order valence-electron chi connectivity index (χ1n) is 5.95. The highest BCUT2D eigenvalue weighted by Crippen LogP contribution is 2.32. The van der Waals surface area contributed by atoms with Crippen molar-refractivity contribution in [1.29, 1.82) is 0 Å². The molecule has 8 nitrogen and oxygen atoms in total. The van der Waals surface area contributed by atoms with E-state index in [0.29, 0.717) is 6.20 Å². The number of rotatable bonds is 2. The van der Waals surface area contributed by atoms with Crippen LogP contribution in [0.1, 0.15) is 6.42 Å². The number of amidine groups is 1. The molecular weight excluding hydrogens is 299 g/mol. The van der Waals surface area contributed by atoms with Crippen molar-refractivity contribution in [2.24, 2.45) is 4.99 Å². The van der Waals surface area contributed by atoms with Crippen molar-refractivity contribution in [1.82, 2.24) is 10.4 Å². The van der Waals surface area contributed by atoms with E-state index in [1.807, 2.05) is 0 Å². The van der Waals surface area contributed by atoms with Crippen molar-refractivity contribution in [2.75, 3.05) is 6.61 Å². The van der Waals surface area contributed by atoms with E-state index < -0.39 is 49.0 Å². The second-order valence-corrected chi connectivity index (χ2v) is 4.54. The molecule has 0 aromatic heterocycles. The molecule has 0 aliphatic carbocycles. The van der Waals surface area contributed by atoms with Gasteiger partial charge in [0, 0.05) is 12.6 Å². The summed E-state index contributed by atoms with van der Waals surface area (Å²) >= 11 is 0. The van der Waals surface area contributed by atoms with Crippen LogP contribution in [0.3, 0.4) is 0 Å². The summed E-state index contributed by atoms with van der Waals surface area (Å²) in [5.41, 5.74) is -0.0291. The van der Waals surface area contributed by atoms with Crippen molar-refractivity contribution in [3.63, 3.8) is 0 Å². The van der Waals surface area contributed by atoms with Gasteiger partial charge in [0.15, 0.2) is 5.84 Å². The third-order valence-electron chi connectivity index (χ3n) is 3.17. The summed E-state index contributed by atoms with van der Waals surface area (Å²) in [5, 5.41) is 36.9. The van der Waals surface area contributed by atoms with Crippen LogP contribution in [-0.2, 0) is 4.74 Å². The van der Waals surface area contributed by atoms with Crippen LogP contribution in [-0.4, -0.2) is 68.8 Å². The van der Waals surface area contributed by atoms with Crippen LogP contribution in [0.25, 0.3) is 0 Å². The number of aliphatic hydroxyl groups excluding tert-OH is 3. The number of hydrogen-bond donors (Lipinski definition) is 5. The predicted octanol–water partition coefficient (Wildman–Crippen LogP) is -1.13.